The monoisotopic (exact) mass is 399 g/mol. The van der Waals surface area contributed by atoms with Crippen molar-refractivity contribution in [3.8, 4) is 28.1 Å². The Morgan fingerprint density at radius 1 is 0.759 bits per heavy atom. The molecule has 0 atom stereocenters. The van der Waals surface area contributed by atoms with Crippen LogP contribution in [0.2, 0.25) is 5.02 Å². The van der Waals surface area contributed by atoms with Crippen molar-refractivity contribution in [1.82, 2.24) is 9.78 Å². The summed E-state index contributed by atoms with van der Waals surface area (Å²) >= 11 is 6.50. The van der Waals surface area contributed by atoms with Crippen molar-refractivity contribution in [2.24, 2.45) is 0 Å². The third kappa shape index (κ3) is 3.43. The Morgan fingerprint density at radius 2 is 1.45 bits per heavy atom. The van der Waals surface area contributed by atoms with Gasteiger partial charge in [0.1, 0.15) is 5.82 Å². The number of aromatic nitrogens is 2. The second-order valence-corrected chi connectivity index (χ2v) is 7.77. The van der Waals surface area contributed by atoms with Crippen LogP contribution in [0.25, 0.3) is 28.1 Å². The lowest BCUT2D eigenvalue weighted by atomic mass is 10.00. The number of nitrogens with one attached hydrogen (secondary N) is 1. The van der Waals surface area contributed by atoms with Crippen molar-refractivity contribution < 1.29 is 0 Å². The predicted molar refractivity (Wildman–Crippen MR) is 121 cm³/mol. The summed E-state index contributed by atoms with van der Waals surface area (Å²) in [5.74, 6) is 1.07. The van der Waals surface area contributed by atoms with E-state index in [1.807, 2.05) is 35.0 Å². The number of nitrogens with zero attached hydrogens (tertiary/aromatic N) is 2. The maximum absolute atomic E-state index is 6.50. The first-order valence-electron chi connectivity index (χ1n) is 10.1. The third-order valence-electron chi connectivity index (χ3n) is 5.48. The lowest BCUT2D eigenvalue weighted by Crippen LogP contribution is -2.07. The second kappa shape index (κ2) is 7.76. The molecule has 0 saturated heterocycles. The van der Waals surface area contributed by atoms with E-state index in [0.29, 0.717) is 5.02 Å². The van der Waals surface area contributed by atoms with Crippen LogP contribution >= 0.6 is 11.6 Å². The number of halogens is 1. The van der Waals surface area contributed by atoms with Gasteiger partial charge in [-0.1, -0.05) is 78.3 Å². The van der Waals surface area contributed by atoms with Gasteiger partial charge >= 0.3 is 0 Å². The van der Waals surface area contributed by atoms with Gasteiger partial charge in [-0.3, -0.25) is 0 Å². The maximum atomic E-state index is 6.50. The number of hydrogen-bond donors (Lipinski definition) is 1. The van der Waals surface area contributed by atoms with E-state index in [-0.39, 0.29) is 0 Å². The molecule has 0 fully saturated rings. The van der Waals surface area contributed by atoms with Gasteiger partial charge in [0.05, 0.1) is 16.4 Å². The molecular formula is C25H22ClN3. The molecule has 0 bridgehead atoms. The van der Waals surface area contributed by atoms with E-state index < -0.39 is 0 Å². The van der Waals surface area contributed by atoms with Crippen molar-refractivity contribution in [2.45, 2.75) is 19.3 Å². The first-order chi connectivity index (χ1) is 14.3. The minimum atomic E-state index is 0.704. The normalized spacial score (nSPS) is 13.4. The molecule has 0 unspecified atom stereocenters. The Bertz CT molecular complexity index is 1130. The number of para-hydroxylation sites is 1. The van der Waals surface area contributed by atoms with Gasteiger partial charge in [-0.05, 0) is 42.5 Å². The van der Waals surface area contributed by atoms with Gasteiger partial charge in [0.15, 0.2) is 0 Å². The molecule has 29 heavy (non-hydrogen) atoms. The Balaban J connectivity index is 1.61. The average Bonchev–Trinajstić information content (AvgIpc) is 2.95. The molecule has 1 aromatic heterocycles. The van der Waals surface area contributed by atoms with Crippen LogP contribution in [-0.2, 0) is 6.42 Å². The minimum absolute atomic E-state index is 0.704. The van der Waals surface area contributed by atoms with E-state index in [4.69, 9.17) is 16.7 Å². The number of anilines is 1. The lowest BCUT2D eigenvalue weighted by Gasteiger charge is -2.10. The Morgan fingerprint density at radius 3 is 2.24 bits per heavy atom. The smallest absolute Gasteiger partial charge is 0.133 e. The van der Waals surface area contributed by atoms with Crippen LogP contribution in [0.4, 0.5) is 5.82 Å². The summed E-state index contributed by atoms with van der Waals surface area (Å²) in [6.45, 7) is 0.954. The SMILES string of the molecule is Clc1ccccc1-n1nc(-c2ccc(-c3ccccc3)cc2)c2c1NCCCC2. The van der Waals surface area contributed by atoms with Crippen molar-refractivity contribution >= 4 is 17.4 Å². The summed E-state index contributed by atoms with van der Waals surface area (Å²) in [5.41, 5.74) is 6.79. The summed E-state index contributed by atoms with van der Waals surface area (Å²) in [6, 6.07) is 27.0. The minimum Gasteiger partial charge on any atom is -0.370 e. The molecule has 0 aliphatic carbocycles. The topological polar surface area (TPSA) is 29.9 Å². The zero-order valence-electron chi connectivity index (χ0n) is 16.1. The first kappa shape index (κ1) is 18.0. The molecule has 1 N–H and O–H groups in total. The molecule has 0 amide bonds. The predicted octanol–water partition coefficient (Wildman–Crippen LogP) is 6.61. The fourth-order valence-electron chi connectivity index (χ4n) is 3.98. The Hall–Kier alpha value is -3.04. The first-order valence-corrected chi connectivity index (χ1v) is 10.5. The molecule has 0 saturated carbocycles. The van der Waals surface area contributed by atoms with Gasteiger partial charge in [0.2, 0.25) is 0 Å². The Kier molecular flexibility index (Phi) is 4.82. The van der Waals surface area contributed by atoms with Crippen molar-refractivity contribution in [3.63, 3.8) is 0 Å². The molecule has 0 radical (unpaired) electrons. The van der Waals surface area contributed by atoms with Gasteiger partial charge in [0, 0.05) is 17.7 Å². The van der Waals surface area contributed by atoms with Crippen LogP contribution in [0.15, 0.2) is 78.9 Å². The highest BCUT2D eigenvalue weighted by Crippen LogP contribution is 2.36. The van der Waals surface area contributed by atoms with Gasteiger partial charge < -0.3 is 5.32 Å². The van der Waals surface area contributed by atoms with Gasteiger partial charge in [-0.15, -0.1) is 0 Å². The molecule has 0 spiro atoms. The molecule has 2 heterocycles. The summed E-state index contributed by atoms with van der Waals surface area (Å²) < 4.78 is 1.98. The standard InChI is InChI=1S/C25H22ClN3/c26-22-11-4-5-12-23(22)29-25-21(10-6-7-17-27-25)24(28-29)20-15-13-19(14-16-20)18-8-2-1-3-9-18/h1-5,8-9,11-16,27H,6-7,10,17H2. The largest absolute Gasteiger partial charge is 0.370 e. The third-order valence-corrected chi connectivity index (χ3v) is 5.80. The second-order valence-electron chi connectivity index (χ2n) is 7.37. The number of fused-ring (bicyclic) bond motifs is 1. The van der Waals surface area contributed by atoms with E-state index >= 15 is 0 Å². The van der Waals surface area contributed by atoms with Gasteiger partial charge in [-0.25, -0.2) is 4.68 Å². The quantitative estimate of drug-likeness (QED) is 0.420. The zero-order valence-corrected chi connectivity index (χ0v) is 16.9. The lowest BCUT2D eigenvalue weighted by molar-refractivity contribution is 0.780. The summed E-state index contributed by atoms with van der Waals surface area (Å²) in [5, 5.41) is 9.30. The highest BCUT2D eigenvalue weighted by atomic mass is 35.5. The summed E-state index contributed by atoms with van der Waals surface area (Å²) in [6.07, 6.45) is 3.33. The number of rotatable bonds is 3. The van der Waals surface area contributed by atoms with Crippen molar-refractivity contribution in [3.05, 3.63) is 89.4 Å². The van der Waals surface area contributed by atoms with Crippen LogP contribution in [0.3, 0.4) is 0 Å². The summed E-state index contributed by atoms with van der Waals surface area (Å²) in [4.78, 5) is 0. The fourth-order valence-corrected chi connectivity index (χ4v) is 4.20. The van der Waals surface area contributed by atoms with E-state index in [2.05, 4.69) is 53.8 Å². The zero-order chi connectivity index (χ0) is 19.6. The van der Waals surface area contributed by atoms with Crippen LogP contribution in [0.5, 0.6) is 0 Å². The molecule has 4 heteroatoms. The molecule has 1 aliphatic rings. The molecule has 5 rings (SSSR count). The molecular weight excluding hydrogens is 378 g/mol. The fraction of sp³-hybridized carbons (Fsp3) is 0.160. The van der Waals surface area contributed by atoms with Crippen molar-refractivity contribution in [2.75, 3.05) is 11.9 Å². The van der Waals surface area contributed by atoms with E-state index in [0.717, 1.165) is 48.6 Å². The summed E-state index contributed by atoms with van der Waals surface area (Å²) in [7, 11) is 0. The van der Waals surface area contributed by atoms with Crippen LogP contribution in [0, 0.1) is 0 Å². The molecule has 4 aromatic rings. The van der Waals surface area contributed by atoms with E-state index in [1.165, 1.54) is 16.7 Å². The number of hydrogen-bond acceptors (Lipinski definition) is 2. The Labute approximate surface area is 176 Å². The van der Waals surface area contributed by atoms with Crippen LogP contribution in [-0.4, -0.2) is 16.3 Å². The molecule has 144 valence electrons. The van der Waals surface area contributed by atoms with Crippen LogP contribution < -0.4 is 5.32 Å². The molecule has 3 nitrogen and oxygen atoms in total. The van der Waals surface area contributed by atoms with Gasteiger partial charge in [0.25, 0.3) is 0 Å². The van der Waals surface area contributed by atoms with Crippen LogP contribution in [0.1, 0.15) is 18.4 Å². The molecule has 1 aliphatic heterocycles. The average molecular weight is 400 g/mol. The van der Waals surface area contributed by atoms with Crippen molar-refractivity contribution in [1.29, 1.82) is 0 Å². The van der Waals surface area contributed by atoms with E-state index in [9.17, 15) is 0 Å². The maximum Gasteiger partial charge on any atom is 0.133 e. The highest BCUT2D eigenvalue weighted by Gasteiger charge is 2.22. The van der Waals surface area contributed by atoms with E-state index in [1.54, 1.807) is 0 Å². The highest BCUT2D eigenvalue weighted by molar-refractivity contribution is 6.32. The molecule has 3 aromatic carbocycles. The number of benzene rings is 3. The van der Waals surface area contributed by atoms with Gasteiger partial charge in [-0.2, -0.15) is 5.10 Å².